The van der Waals surface area contributed by atoms with Crippen LogP contribution in [0.4, 0.5) is 8.78 Å². The Kier molecular flexibility index (Phi) is 5.02. The molecule has 0 saturated heterocycles. The van der Waals surface area contributed by atoms with E-state index in [-0.39, 0.29) is 11.3 Å². The summed E-state index contributed by atoms with van der Waals surface area (Å²) in [5.41, 5.74) is 0.926. The van der Waals surface area contributed by atoms with Crippen LogP contribution >= 0.6 is 0 Å². The van der Waals surface area contributed by atoms with Crippen molar-refractivity contribution in [3.63, 3.8) is 0 Å². The third-order valence-corrected chi connectivity index (χ3v) is 3.71. The number of benzene rings is 2. The van der Waals surface area contributed by atoms with E-state index in [2.05, 4.69) is 4.74 Å². The zero-order chi connectivity index (χ0) is 17.8. The van der Waals surface area contributed by atoms with Crippen molar-refractivity contribution in [3.05, 3.63) is 53.6 Å². The Morgan fingerprint density at radius 3 is 2.64 bits per heavy atom. The van der Waals surface area contributed by atoms with Gasteiger partial charge in [-0.2, -0.15) is 8.78 Å². The van der Waals surface area contributed by atoms with Crippen molar-refractivity contribution >= 4 is 5.91 Å². The Labute approximate surface area is 143 Å². The first kappa shape index (κ1) is 17.0. The van der Waals surface area contributed by atoms with E-state index in [1.54, 1.807) is 25.2 Å². The summed E-state index contributed by atoms with van der Waals surface area (Å²) in [5, 5.41) is 0. The van der Waals surface area contributed by atoms with Crippen LogP contribution in [0.2, 0.25) is 0 Å². The lowest BCUT2D eigenvalue weighted by molar-refractivity contribution is -0.0502. The Balaban J connectivity index is 1.75. The van der Waals surface area contributed by atoms with Crippen molar-refractivity contribution in [2.24, 2.45) is 0 Å². The van der Waals surface area contributed by atoms with Gasteiger partial charge in [-0.15, -0.1) is 0 Å². The molecule has 1 aliphatic rings. The molecule has 0 fully saturated rings. The first-order valence-electron chi connectivity index (χ1n) is 7.72. The smallest absolute Gasteiger partial charge is 0.387 e. The van der Waals surface area contributed by atoms with Crippen LogP contribution < -0.4 is 14.2 Å². The predicted octanol–water partition coefficient (Wildman–Crippen LogP) is 3.33. The number of nitrogens with zero attached hydrogens (tertiary/aromatic N) is 1. The second-order valence-electron chi connectivity index (χ2n) is 5.51. The molecule has 0 aliphatic carbocycles. The van der Waals surface area contributed by atoms with E-state index in [0.29, 0.717) is 31.3 Å². The zero-order valence-electron chi connectivity index (χ0n) is 13.6. The molecule has 0 saturated carbocycles. The van der Waals surface area contributed by atoms with Crippen LogP contribution in [0, 0.1) is 0 Å². The van der Waals surface area contributed by atoms with Gasteiger partial charge in [0.25, 0.3) is 5.91 Å². The van der Waals surface area contributed by atoms with Crippen LogP contribution in [0.3, 0.4) is 0 Å². The third-order valence-electron chi connectivity index (χ3n) is 3.71. The van der Waals surface area contributed by atoms with Crippen LogP contribution in [0.1, 0.15) is 15.9 Å². The highest BCUT2D eigenvalue weighted by atomic mass is 19.3. The van der Waals surface area contributed by atoms with Gasteiger partial charge >= 0.3 is 6.61 Å². The molecule has 1 amide bonds. The SMILES string of the molecule is CN(Cc1ccc2c(c1)OCCO2)C(=O)c1ccccc1OC(F)F. The quantitative estimate of drug-likeness (QED) is 0.831. The maximum atomic E-state index is 12.6. The van der Waals surface area contributed by atoms with Gasteiger partial charge in [-0.05, 0) is 29.8 Å². The number of hydrogen-bond donors (Lipinski definition) is 0. The maximum Gasteiger partial charge on any atom is 0.387 e. The molecular formula is C18H17F2NO4. The van der Waals surface area contributed by atoms with E-state index in [1.807, 2.05) is 6.07 Å². The molecule has 25 heavy (non-hydrogen) atoms. The van der Waals surface area contributed by atoms with Gasteiger partial charge < -0.3 is 19.1 Å². The van der Waals surface area contributed by atoms with Crippen molar-refractivity contribution in [2.75, 3.05) is 20.3 Å². The predicted molar refractivity (Wildman–Crippen MR) is 86.3 cm³/mol. The molecule has 1 aliphatic heterocycles. The van der Waals surface area contributed by atoms with Crippen LogP contribution in [0.25, 0.3) is 0 Å². The van der Waals surface area contributed by atoms with Gasteiger partial charge in [0, 0.05) is 13.6 Å². The lowest BCUT2D eigenvalue weighted by atomic mass is 10.1. The van der Waals surface area contributed by atoms with Crippen molar-refractivity contribution in [3.8, 4) is 17.2 Å². The number of ether oxygens (including phenoxy) is 3. The molecule has 0 unspecified atom stereocenters. The van der Waals surface area contributed by atoms with E-state index in [9.17, 15) is 13.6 Å². The average molecular weight is 349 g/mol. The Bertz CT molecular complexity index is 766. The Hall–Kier alpha value is -2.83. The second-order valence-corrected chi connectivity index (χ2v) is 5.51. The fraction of sp³-hybridized carbons (Fsp3) is 0.278. The van der Waals surface area contributed by atoms with Crippen LogP contribution in [0.15, 0.2) is 42.5 Å². The summed E-state index contributed by atoms with van der Waals surface area (Å²) < 4.78 is 40.4. The van der Waals surface area contributed by atoms with Gasteiger partial charge in [0.05, 0.1) is 5.56 Å². The van der Waals surface area contributed by atoms with E-state index < -0.39 is 12.5 Å². The minimum absolute atomic E-state index is 0.0860. The Morgan fingerprint density at radius 1 is 1.16 bits per heavy atom. The maximum absolute atomic E-state index is 12.6. The molecule has 2 aromatic carbocycles. The number of carbonyl (C=O) groups excluding carboxylic acids is 1. The highest BCUT2D eigenvalue weighted by Crippen LogP contribution is 2.31. The third kappa shape index (κ3) is 3.99. The van der Waals surface area contributed by atoms with Crippen LogP contribution in [-0.2, 0) is 6.54 Å². The Morgan fingerprint density at radius 2 is 1.88 bits per heavy atom. The van der Waals surface area contributed by atoms with E-state index in [4.69, 9.17) is 9.47 Å². The lowest BCUT2D eigenvalue weighted by Crippen LogP contribution is -2.27. The van der Waals surface area contributed by atoms with E-state index in [0.717, 1.165) is 5.56 Å². The van der Waals surface area contributed by atoms with Crippen molar-refractivity contribution in [2.45, 2.75) is 13.2 Å². The van der Waals surface area contributed by atoms with E-state index in [1.165, 1.54) is 23.1 Å². The minimum atomic E-state index is -2.99. The summed E-state index contributed by atoms with van der Waals surface area (Å²) >= 11 is 0. The number of para-hydroxylation sites is 1. The monoisotopic (exact) mass is 349 g/mol. The summed E-state index contributed by atoms with van der Waals surface area (Å²) in [6.07, 6.45) is 0. The molecule has 7 heteroatoms. The number of fused-ring (bicyclic) bond motifs is 1. The number of halogens is 2. The molecule has 0 radical (unpaired) electrons. The molecule has 0 bridgehead atoms. The number of carbonyl (C=O) groups is 1. The fourth-order valence-electron chi connectivity index (χ4n) is 2.58. The molecule has 2 aromatic rings. The highest BCUT2D eigenvalue weighted by molar-refractivity contribution is 5.96. The number of hydrogen-bond acceptors (Lipinski definition) is 4. The molecule has 5 nitrogen and oxygen atoms in total. The van der Waals surface area contributed by atoms with Crippen LogP contribution in [-0.4, -0.2) is 37.7 Å². The standard InChI is InChI=1S/C18H17F2NO4/c1-21(11-12-6-7-15-16(10-12)24-9-8-23-15)17(22)13-4-2-3-5-14(13)25-18(19)20/h2-7,10,18H,8-9,11H2,1H3. The van der Waals surface area contributed by atoms with Crippen LogP contribution in [0.5, 0.6) is 17.2 Å². The average Bonchev–Trinajstić information content (AvgIpc) is 2.61. The fourth-order valence-corrected chi connectivity index (χ4v) is 2.58. The molecule has 0 spiro atoms. The summed E-state index contributed by atoms with van der Waals surface area (Å²) in [7, 11) is 1.60. The van der Waals surface area contributed by atoms with Crippen molar-refractivity contribution in [1.82, 2.24) is 4.90 Å². The summed E-state index contributed by atoms with van der Waals surface area (Å²) in [4.78, 5) is 14.0. The molecule has 1 heterocycles. The van der Waals surface area contributed by atoms with Gasteiger partial charge in [-0.3, -0.25) is 4.79 Å². The zero-order valence-corrected chi connectivity index (χ0v) is 13.6. The molecule has 132 valence electrons. The van der Waals surface area contributed by atoms with Gasteiger partial charge in [0.2, 0.25) is 0 Å². The normalized spacial score (nSPS) is 12.8. The first-order chi connectivity index (χ1) is 12.0. The molecule has 0 atom stereocenters. The summed E-state index contributed by atoms with van der Waals surface area (Å²) in [5.74, 6) is 0.744. The number of rotatable bonds is 5. The number of alkyl halides is 2. The van der Waals surface area contributed by atoms with E-state index >= 15 is 0 Å². The van der Waals surface area contributed by atoms with Gasteiger partial charge in [0.1, 0.15) is 19.0 Å². The second kappa shape index (κ2) is 7.38. The molecule has 0 N–H and O–H groups in total. The molecule has 3 rings (SSSR count). The minimum Gasteiger partial charge on any atom is -0.486 e. The summed E-state index contributed by atoms with van der Waals surface area (Å²) in [6, 6.07) is 11.4. The topological polar surface area (TPSA) is 48.0 Å². The largest absolute Gasteiger partial charge is 0.486 e. The number of amides is 1. The van der Waals surface area contributed by atoms with Gasteiger partial charge in [-0.1, -0.05) is 18.2 Å². The first-order valence-corrected chi connectivity index (χ1v) is 7.72. The van der Waals surface area contributed by atoms with Crippen molar-refractivity contribution < 1.29 is 27.8 Å². The lowest BCUT2D eigenvalue weighted by Gasteiger charge is -2.22. The van der Waals surface area contributed by atoms with Crippen molar-refractivity contribution in [1.29, 1.82) is 0 Å². The molecule has 0 aromatic heterocycles. The van der Waals surface area contributed by atoms with Gasteiger partial charge in [-0.25, -0.2) is 0 Å². The summed E-state index contributed by atoms with van der Waals surface area (Å²) in [6.45, 7) is -1.72. The highest BCUT2D eigenvalue weighted by Gasteiger charge is 2.19. The molecular weight excluding hydrogens is 332 g/mol. The van der Waals surface area contributed by atoms with Gasteiger partial charge in [0.15, 0.2) is 11.5 Å².